The second-order valence-corrected chi connectivity index (χ2v) is 4.50. The Labute approximate surface area is 103 Å². The number of carboxylic acid groups (broad SMARTS) is 1. The van der Waals surface area contributed by atoms with Crippen LogP contribution in [0.15, 0.2) is 0 Å². The fourth-order valence-corrected chi connectivity index (χ4v) is 1.82. The molecule has 0 aromatic carbocycles. The molecule has 1 heterocycles. The Morgan fingerprint density at radius 3 is 2.82 bits per heavy atom. The van der Waals surface area contributed by atoms with E-state index >= 15 is 0 Å². The van der Waals surface area contributed by atoms with E-state index in [2.05, 4.69) is 14.9 Å². The van der Waals surface area contributed by atoms with Crippen LogP contribution >= 0.6 is 11.5 Å². The number of hydrogen-bond donors (Lipinski definition) is 2. The lowest BCUT2D eigenvalue weighted by atomic mass is 10.2. The zero-order valence-electron chi connectivity index (χ0n) is 9.77. The van der Waals surface area contributed by atoms with Gasteiger partial charge in [-0.2, -0.15) is 0 Å². The summed E-state index contributed by atoms with van der Waals surface area (Å²) in [6.07, 6.45) is 1.59. The lowest BCUT2D eigenvalue weighted by Gasteiger charge is -2.07. The van der Waals surface area contributed by atoms with Gasteiger partial charge in [0.2, 0.25) is 0 Å². The summed E-state index contributed by atoms with van der Waals surface area (Å²) in [5.41, 5.74) is 0.679. The molecule has 1 rings (SSSR count). The molecule has 1 aromatic rings. The Morgan fingerprint density at radius 2 is 2.24 bits per heavy atom. The minimum atomic E-state index is -0.929. The molecule has 7 heteroatoms. The van der Waals surface area contributed by atoms with Gasteiger partial charge in [-0.05, 0) is 18.0 Å². The Kier molecular flexibility index (Phi) is 5.02. The Hall–Kier alpha value is -1.50. The van der Waals surface area contributed by atoms with E-state index < -0.39 is 11.9 Å². The Bertz CT molecular complexity index is 405. The maximum absolute atomic E-state index is 11.8. The average molecular weight is 257 g/mol. The van der Waals surface area contributed by atoms with Crippen LogP contribution in [-0.2, 0) is 11.2 Å². The molecule has 0 spiro atoms. The first-order valence-electron chi connectivity index (χ1n) is 5.38. The van der Waals surface area contributed by atoms with Crippen LogP contribution < -0.4 is 5.32 Å². The quantitative estimate of drug-likeness (QED) is 0.791. The molecule has 0 bridgehead atoms. The number of carbonyl (C=O) groups is 2. The fraction of sp³-hybridized carbons (Fsp3) is 0.600. The lowest BCUT2D eigenvalue weighted by molar-refractivity contribution is -0.140. The predicted molar refractivity (Wildman–Crippen MR) is 63.0 cm³/mol. The first-order valence-corrected chi connectivity index (χ1v) is 6.15. The zero-order valence-corrected chi connectivity index (χ0v) is 10.6. The molecule has 0 radical (unpaired) electrons. The minimum Gasteiger partial charge on any atom is -0.481 e. The van der Waals surface area contributed by atoms with E-state index in [0.717, 1.165) is 18.0 Å². The normalized spacial score (nSPS) is 12.1. The van der Waals surface area contributed by atoms with Gasteiger partial charge in [0.1, 0.15) is 4.88 Å². The number of aromatic nitrogens is 2. The van der Waals surface area contributed by atoms with Crippen molar-refractivity contribution in [3.63, 3.8) is 0 Å². The maximum atomic E-state index is 11.8. The first kappa shape index (κ1) is 13.6. The lowest BCUT2D eigenvalue weighted by Crippen LogP contribution is -2.31. The number of hydrogen-bond acceptors (Lipinski definition) is 5. The van der Waals surface area contributed by atoms with Crippen LogP contribution in [0.4, 0.5) is 0 Å². The molecule has 0 aliphatic heterocycles. The first-order chi connectivity index (χ1) is 8.06. The number of nitrogens with zero attached hydrogens (tertiary/aromatic N) is 2. The summed E-state index contributed by atoms with van der Waals surface area (Å²) in [6, 6.07) is 0. The van der Waals surface area contributed by atoms with Crippen molar-refractivity contribution in [2.45, 2.75) is 26.7 Å². The van der Waals surface area contributed by atoms with Gasteiger partial charge in [0.15, 0.2) is 0 Å². The van der Waals surface area contributed by atoms with Gasteiger partial charge in [-0.25, -0.2) is 0 Å². The molecule has 0 saturated heterocycles. The number of carboxylic acids is 1. The maximum Gasteiger partial charge on any atom is 0.308 e. The largest absolute Gasteiger partial charge is 0.481 e. The van der Waals surface area contributed by atoms with E-state index in [0.29, 0.717) is 17.0 Å². The predicted octanol–water partition coefficient (Wildman–Crippen LogP) is 0.941. The van der Waals surface area contributed by atoms with Crippen LogP contribution in [-0.4, -0.2) is 33.1 Å². The number of amides is 1. The SMILES string of the molecule is CCCc1nnsc1C(=O)NCC(C)C(=O)O. The van der Waals surface area contributed by atoms with E-state index in [4.69, 9.17) is 5.11 Å². The van der Waals surface area contributed by atoms with Crippen molar-refractivity contribution < 1.29 is 14.7 Å². The monoisotopic (exact) mass is 257 g/mol. The summed E-state index contributed by atoms with van der Waals surface area (Å²) in [5, 5.41) is 15.1. The molecule has 0 aliphatic carbocycles. The third kappa shape index (κ3) is 3.77. The Morgan fingerprint density at radius 1 is 1.53 bits per heavy atom. The van der Waals surface area contributed by atoms with Gasteiger partial charge >= 0.3 is 5.97 Å². The van der Waals surface area contributed by atoms with Gasteiger partial charge in [0.05, 0.1) is 11.6 Å². The van der Waals surface area contributed by atoms with Gasteiger partial charge in [-0.1, -0.05) is 24.8 Å². The summed E-state index contributed by atoms with van der Waals surface area (Å²) < 4.78 is 3.74. The van der Waals surface area contributed by atoms with Gasteiger partial charge in [-0.3, -0.25) is 9.59 Å². The highest BCUT2D eigenvalue weighted by molar-refractivity contribution is 7.08. The molecule has 1 aromatic heterocycles. The highest BCUT2D eigenvalue weighted by Gasteiger charge is 2.17. The molecule has 0 fully saturated rings. The van der Waals surface area contributed by atoms with Crippen molar-refractivity contribution >= 4 is 23.4 Å². The molecule has 94 valence electrons. The molecule has 6 nitrogen and oxygen atoms in total. The van der Waals surface area contributed by atoms with Crippen LogP contribution in [0, 0.1) is 5.92 Å². The fourth-order valence-electron chi connectivity index (χ4n) is 1.19. The summed E-state index contributed by atoms with van der Waals surface area (Å²) in [4.78, 5) is 22.8. The summed E-state index contributed by atoms with van der Waals surface area (Å²) in [7, 11) is 0. The van der Waals surface area contributed by atoms with E-state index in [1.54, 1.807) is 6.92 Å². The van der Waals surface area contributed by atoms with Crippen molar-refractivity contribution in [3.8, 4) is 0 Å². The van der Waals surface area contributed by atoms with E-state index in [9.17, 15) is 9.59 Å². The van der Waals surface area contributed by atoms with Crippen molar-refractivity contribution in [2.75, 3.05) is 6.54 Å². The van der Waals surface area contributed by atoms with Crippen LogP contribution in [0.25, 0.3) is 0 Å². The van der Waals surface area contributed by atoms with Crippen LogP contribution in [0.5, 0.6) is 0 Å². The van der Waals surface area contributed by atoms with Gasteiger partial charge < -0.3 is 10.4 Å². The average Bonchev–Trinajstić information content (AvgIpc) is 2.74. The number of aliphatic carboxylic acids is 1. The van der Waals surface area contributed by atoms with E-state index in [-0.39, 0.29) is 12.5 Å². The summed E-state index contributed by atoms with van der Waals surface area (Å²) in [5.74, 6) is -1.83. The number of nitrogens with one attached hydrogen (secondary N) is 1. The molecule has 1 amide bonds. The van der Waals surface area contributed by atoms with E-state index in [1.807, 2.05) is 6.92 Å². The third-order valence-corrected chi connectivity index (χ3v) is 3.01. The molecule has 0 aliphatic rings. The molecular weight excluding hydrogens is 242 g/mol. The third-order valence-electron chi connectivity index (χ3n) is 2.24. The second-order valence-electron chi connectivity index (χ2n) is 3.75. The van der Waals surface area contributed by atoms with E-state index in [1.165, 1.54) is 0 Å². The van der Waals surface area contributed by atoms with Gasteiger partial charge in [0.25, 0.3) is 5.91 Å². The van der Waals surface area contributed by atoms with Gasteiger partial charge in [0, 0.05) is 6.54 Å². The van der Waals surface area contributed by atoms with Crippen LogP contribution in [0.1, 0.15) is 35.6 Å². The molecular formula is C10H15N3O3S. The molecule has 1 unspecified atom stereocenters. The minimum absolute atomic E-state index is 0.109. The van der Waals surface area contributed by atoms with Crippen molar-refractivity contribution in [1.82, 2.24) is 14.9 Å². The molecule has 1 atom stereocenters. The standard InChI is InChI=1S/C10H15N3O3S/c1-3-4-7-8(17-13-12-7)9(14)11-5-6(2)10(15)16/h6H,3-5H2,1-2H3,(H,11,14)(H,15,16). The topological polar surface area (TPSA) is 92.2 Å². The van der Waals surface area contributed by atoms with Gasteiger partial charge in [-0.15, -0.1) is 5.10 Å². The number of rotatable bonds is 6. The number of carbonyl (C=O) groups excluding carboxylic acids is 1. The molecule has 0 saturated carbocycles. The molecule has 2 N–H and O–H groups in total. The van der Waals surface area contributed by atoms with Crippen LogP contribution in [0.2, 0.25) is 0 Å². The van der Waals surface area contributed by atoms with Crippen molar-refractivity contribution in [2.24, 2.45) is 5.92 Å². The smallest absolute Gasteiger partial charge is 0.308 e. The highest BCUT2D eigenvalue weighted by atomic mass is 32.1. The van der Waals surface area contributed by atoms with Crippen molar-refractivity contribution in [3.05, 3.63) is 10.6 Å². The highest BCUT2D eigenvalue weighted by Crippen LogP contribution is 2.12. The Balaban J connectivity index is 2.57. The van der Waals surface area contributed by atoms with Crippen LogP contribution in [0.3, 0.4) is 0 Å². The second kappa shape index (κ2) is 6.29. The summed E-state index contributed by atoms with van der Waals surface area (Å²) >= 11 is 1.04. The number of aryl methyl sites for hydroxylation is 1. The zero-order chi connectivity index (χ0) is 12.8. The van der Waals surface area contributed by atoms with Crippen molar-refractivity contribution in [1.29, 1.82) is 0 Å². The summed E-state index contributed by atoms with van der Waals surface area (Å²) in [6.45, 7) is 3.64. The molecule has 17 heavy (non-hydrogen) atoms.